The van der Waals surface area contributed by atoms with Gasteiger partial charge in [0.2, 0.25) is 0 Å². The molecule has 0 saturated heterocycles. The van der Waals surface area contributed by atoms with E-state index in [-0.39, 0.29) is 16.5 Å². The van der Waals surface area contributed by atoms with E-state index in [2.05, 4.69) is 9.32 Å². The van der Waals surface area contributed by atoms with Gasteiger partial charge in [0.25, 0.3) is 0 Å². The fourth-order valence-electron chi connectivity index (χ4n) is 0.682. The van der Waals surface area contributed by atoms with Crippen LogP contribution in [0.5, 0.6) is 11.5 Å². The van der Waals surface area contributed by atoms with E-state index in [1.807, 2.05) is 0 Å². The van der Waals surface area contributed by atoms with E-state index < -0.39 is 10.3 Å². The molecule has 0 atom stereocenters. The third kappa shape index (κ3) is 3.10. The van der Waals surface area contributed by atoms with Gasteiger partial charge < -0.3 is 9.29 Å². The molecule has 1 aromatic carbocycles. The highest BCUT2D eigenvalue weighted by Crippen LogP contribution is 2.28. The van der Waals surface area contributed by atoms with Crippen LogP contribution in [0.2, 0.25) is 5.02 Å². The molecule has 13 heavy (non-hydrogen) atoms. The highest BCUT2D eigenvalue weighted by Gasteiger charge is 2.09. The van der Waals surface area contributed by atoms with Crippen molar-refractivity contribution in [3.05, 3.63) is 23.2 Å². The lowest BCUT2D eigenvalue weighted by atomic mass is 10.3. The van der Waals surface area contributed by atoms with Crippen LogP contribution in [0, 0.1) is 0 Å². The predicted molar refractivity (Wildman–Crippen MR) is 46.9 cm³/mol. The Morgan fingerprint density at radius 3 is 2.54 bits per heavy atom. The lowest BCUT2D eigenvalue weighted by molar-refractivity contribution is 0.469. The summed E-state index contributed by atoms with van der Waals surface area (Å²) in [6, 6.07) is 3.57. The Hall–Kier alpha value is -0.980. The average Bonchev–Trinajstić information content (AvgIpc) is 1.93. The van der Waals surface area contributed by atoms with Gasteiger partial charge in [0.1, 0.15) is 5.75 Å². The highest BCUT2D eigenvalue weighted by atomic mass is 35.5. The molecule has 3 N–H and O–H groups in total. The van der Waals surface area contributed by atoms with E-state index in [0.717, 1.165) is 6.07 Å². The second-order valence-corrected chi connectivity index (χ2v) is 3.75. The van der Waals surface area contributed by atoms with E-state index in [4.69, 9.17) is 16.7 Å². The third-order valence-electron chi connectivity index (χ3n) is 1.12. The lowest BCUT2D eigenvalue weighted by Crippen LogP contribution is -2.19. The van der Waals surface area contributed by atoms with Crippen molar-refractivity contribution >= 4 is 21.9 Å². The Balaban J connectivity index is 3.04. The largest absolute Gasteiger partial charge is 0.508 e. The zero-order chi connectivity index (χ0) is 10.1. The van der Waals surface area contributed by atoms with Gasteiger partial charge in [0.05, 0.1) is 5.02 Å². The second kappa shape index (κ2) is 3.41. The minimum absolute atomic E-state index is 0.0333. The Morgan fingerprint density at radius 2 is 2.08 bits per heavy atom. The van der Waals surface area contributed by atoms with Crippen molar-refractivity contribution in [2.45, 2.75) is 0 Å². The zero-order valence-corrected chi connectivity index (χ0v) is 7.84. The Kier molecular flexibility index (Phi) is 2.65. The number of benzene rings is 1. The number of phenolic OH excluding ortho intramolecular Hbond substituents is 1. The van der Waals surface area contributed by atoms with E-state index in [1.165, 1.54) is 12.1 Å². The monoisotopic (exact) mass is 223 g/mol. The van der Waals surface area contributed by atoms with Gasteiger partial charge >= 0.3 is 10.3 Å². The van der Waals surface area contributed by atoms with Crippen LogP contribution in [0.15, 0.2) is 18.2 Å². The summed E-state index contributed by atoms with van der Waals surface area (Å²) in [5.41, 5.74) is 0. The van der Waals surface area contributed by atoms with Crippen LogP contribution in [0.3, 0.4) is 0 Å². The summed E-state index contributed by atoms with van der Waals surface area (Å²) >= 11 is 5.53. The van der Waals surface area contributed by atoms with E-state index in [1.54, 1.807) is 0 Å². The maximum Gasteiger partial charge on any atom is 0.380 e. The van der Waals surface area contributed by atoms with Crippen molar-refractivity contribution in [1.29, 1.82) is 0 Å². The maximum atomic E-state index is 10.5. The summed E-state index contributed by atoms with van der Waals surface area (Å²) in [5, 5.41) is 13.5. The average molecular weight is 224 g/mol. The second-order valence-electron chi connectivity index (χ2n) is 2.19. The topological polar surface area (TPSA) is 89.6 Å². The van der Waals surface area contributed by atoms with Crippen molar-refractivity contribution in [2.24, 2.45) is 5.14 Å². The van der Waals surface area contributed by atoms with E-state index in [0.29, 0.717) is 0 Å². The first-order valence-corrected chi connectivity index (χ1v) is 4.94. The summed E-state index contributed by atoms with van der Waals surface area (Å²) in [7, 11) is -4.08. The Morgan fingerprint density at radius 1 is 1.46 bits per heavy atom. The summed E-state index contributed by atoms with van der Waals surface area (Å²) in [6.07, 6.45) is 0. The smallest absolute Gasteiger partial charge is 0.380 e. The summed E-state index contributed by atoms with van der Waals surface area (Å²) in [5.74, 6) is -0.214. The molecule has 0 radical (unpaired) electrons. The van der Waals surface area contributed by atoms with Gasteiger partial charge in [-0.05, 0) is 12.1 Å². The van der Waals surface area contributed by atoms with Crippen LogP contribution in [0.25, 0.3) is 0 Å². The zero-order valence-electron chi connectivity index (χ0n) is 6.27. The molecule has 0 fully saturated rings. The molecule has 0 heterocycles. The first-order chi connectivity index (χ1) is 5.88. The predicted octanol–water partition coefficient (Wildman–Crippen LogP) is 0.628. The molecule has 0 unspecified atom stereocenters. The summed E-state index contributed by atoms with van der Waals surface area (Å²) in [6.45, 7) is 0. The fourth-order valence-corrected chi connectivity index (χ4v) is 1.34. The van der Waals surface area contributed by atoms with E-state index >= 15 is 0 Å². The Labute approximate surface area is 80.0 Å². The first-order valence-electron chi connectivity index (χ1n) is 3.09. The van der Waals surface area contributed by atoms with Gasteiger partial charge in [0, 0.05) is 6.07 Å². The van der Waals surface area contributed by atoms with Crippen molar-refractivity contribution < 1.29 is 17.7 Å². The van der Waals surface area contributed by atoms with Crippen molar-refractivity contribution in [3.8, 4) is 11.5 Å². The van der Waals surface area contributed by atoms with Gasteiger partial charge in [-0.2, -0.15) is 13.6 Å². The maximum absolute atomic E-state index is 10.5. The molecule has 0 amide bonds. The number of halogens is 1. The molecule has 1 aromatic rings. The quantitative estimate of drug-likeness (QED) is 0.770. The van der Waals surface area contributed by atoms with Crippen LogP contribution >= 0.6 is 11.6 Å². The highest BCUT2D eigenvalue weighted by molar-refractivity contribution is 7.84. The van der Waals surface area contributed by atoms with Crippen LogP contribution in [0.1, 0.15) is 0 Å². The van der Waals surface area contributed by atoms with Gasteiger partial charge in [-0.15, -0.1) is 0 Å². The number of rotatable bonds is 2. The van der Waals surface area contributed by atoms with Crippen LogP contribution < -0.4 is 9.32 Å². The van der Waals surface area contributed by atoms with Crippen LogP contribution in [0.4, 0.5) is 0 Å². The SMILES string of the molecule is NS(=O)(=O)Oc1ccc(O)cc1Cl. The molecule has 0 aromatic heterocycles. The molecule has 0 bridgehead atoms. The van der Waals surface area contributed by atoms with Crippen molar-refractivity contribution in [1.82, 2.24) is 0 Å². The van der Waals surface area contributed by atoms with Gasteiger partial charge in [-0.3, -0.25) is 0 Å². The van der Waals surface area contributed by atoms with Gasteiger partial charge in [-0.1, -0.05) is 11.6 Å². The molecule has 7 heteroatoms. The molecule has 72 valence electrons. The summed E-state index contributed by atoms with van der Waals surface area (Å²) in [4.78, 5) is 0. The minimum Gasteiger partial charge on any atom is -0.508 e. The van der Waals surface area contributed by atoms with Crippen molar-refractivity contribution in [3.63, 3.8) is 0 Å². The van der Waals surface area contributed by atoms with Crippen LogP contribution in [-0.4, -0.2) is 13.5 Å². The van der Waals surface area contributed by atoms with Crippen molar-refractivity contribution in [2.75, 3.05) is 0 Å². The first kappa shape index (κ1) is 10.1. The molecule has 0 aliphatic carbocycles. The molecule has 0 spiro atoms. The molecule has 1 rings (SSSR count). The van der Waals surface area contributed by atoms with Crippen LogP contribution in [-0.2, 0) is 10.3 Å². The third-order valence-corrected chi connectivity index (χ3v) is 1.83. The number of aromatic hydroxyl groups is 1. The lowest BCUT2D eigenvalue weighted by Gasteiger charge is -2.03. The standard InChI is InChI=1S/C6H6ClNO4S/c7-5-3-4(9)1-2-6(5)12-13(8,10)11/h1-3,9H,(H2,8,10,11). The van der Waals surface area contributed by atoms with E-state index in [9.17, 15) is 8.42 Å². The number of hydrogen-bond donors (Lipinski definition) is 2. The molecular formula is C6H6ClNO4S. The molecule has 5 nitrogen and oxygen atoms in total. The fraction of sp³-hybridized carbons (Fsp3) is 0. The number of phenols is 1. The minimum atomic E-state index is -4.08. The van der Waals surface area contributed by atoms with Gasteiger partial charge in [-0.25, -0.2) is 0 Å². The molecule has 0 saturated carbocycles. The summed E-state index contributed by atoms with van der Waals surface area (Å²) < 4.78 is 25.2. The Bertz CT molecular complexity index is 417. The molecular weight excluding hydrogens is 218 g/mol. The number of hydrogen-bond acceptors (Lipinski definition) is 4. The van der Waals surface area contributed by atoms with Gasteiger partial charge in [0.15, 0.2) is 5.75 Å². The normalized spacial score (nSPS) is 11.2. The molecule has 0 aliphatic rings. The molecule has 0 aliphatic heterocycles. The number of nitrogens with two attached hydrogens (primary N) is 1.